The first-order chi connectivity index (χ1) is 7.36. The van der Waals surface area contributed by atoms with E-state index in [2.05, 4.69) is 25.9 Å². The summed E-state index contributed by atoms with van der Waals surface area (Å²) in [6.07, 6.45) is 5.39. The lowest BCUT2D eigenvalue weighted by molar-refractivity contribution is 0.0869. The van der Waals surface area contributed by atoms with Crippen molar-refractivity contribution in [1.29, 1.82) is 0 Å². The molecule has 1 fully saturated rings. The van der Waals surface area contributed by atoms with Gasteiger partial charge in [0.05, 0.1) is 5.69 Å². The Morgan fingerprint density at radius 1 is 1.60 bits per heavy atom. The molecule has 0 bridgehead atoms. The molecule has 3 rings (SSSR count). The van der Waals surface area contributed by atoms with Crippen molar-refractivity contribution in [3.05, 3.63) is 23.5 Å². The molecule has 1 unspecified atom stereocenters. The fourth-order valence-electron chi connectivity index (χ4n) is 2.03. The first-order valence-electron chi connectivity index (χ1n) is 5.22. The summed E-state index contributed by atoms with van der Waals surface area (Å²) in [5, 5.41) is 2.05. The minimum atomic E-state index is 0.574. The maximum Gasteiger partial charge on any atom is 0.193 e. The number of hydrogen-bond donors (Lipinski definition) is 1. The SMILES string of the molecule is NCC1CCN1Cc1cn2ccsc2n1. The van der Waals surface area contributed by atoms with Crippen molar-refractivity contribution < 1.29 is 0 Å². The van der Waals surface area contributed by atoms with Gasteiger partial charge in [-0.3, -0.25) is 9.30 Å². The maximum absolute atomic E-state index is 5.67. The highest BCUT2D eigenvalue weighted by atomic mass is 32.1. The Morgan fingerprint density at radius 3 is 3.20 bits per heavy atom. The van der Waals surface area contributed by atoms with Crippen molar-refractivity contribution in [2.75, 3.05) is 13.1 Å². The summed E-state index contributed by atoms with van der Waals surface area (Å²) in [6.45, 7) is 2.87. The molecule has 0 spiro atoms. The summed E-state index contributed by atoms with van der Waals surface area (Å²) in [5.41, 5.74) is 6.82. The summed E-state index contributed by atoms with van der Waals surface area (Å²) in [6, 6.07) is 0.574. The van der Waals surface area contributed by atoms with Crippen molar-refractivity contribution in [2.45, 2.75) is 19.0 Å². The Balaban J connectivity index is 1.75. The van der Waals surface area contributed by atoms with Crippen molar-refractivity contribution in [3.63, 3.8) is 0 Å². The standard InChI is InChI=1S/C10H14N4S/c11-5-9-1-2-13(9)6-8-7-14-3-4-15-10(14)12-8/h3-4,7,9H,1-2,5-6,11H2. The zero-order valence-corrected chi connectivity index (χ0v) is 9.28. The van der Waals surface area contributed by atoms with E-state index in [1.807, 2.05) is 6.20 Å². The summed E-state index contributed by atoms with van der Waals surface area (Å²) < 4.78 is 2.08. The Hall–Kier alpha value is -0.910. The zero-order valence-electron chi connectivity index (χ0n) is 8.47. The van der Waals surface area contributed by atoms with Crippen LogP contribution >= 0.6 is 11.3 Å². The van der Waals surface area contributed by atoms with Gasteiger partial charge >= 0.3 is 0 Å². The molecule has 5 heteroatoms. The van der Waals surface area contributed by atoms with Crippen LogP contribution in [0.25, 0.3) is 4.96 Å². The number of aromatic nitrogens is 2. The number of likely N-dealkylation sites (tertiary alicyclic amines) is 1. The van der Waals surface area contributed by atoms with E-state index in [4.69, 9.17) is 5.73 Å². The van der Waals surface area contributed by atoms with E-state index in [1.165, 1.54) is 6.42 Å². The van der Waals surface area contributed by atoms with E-state index in [-0.39, 0.29) is 0 Å². The Labute approximate surface area is 92.3 Å². The van der Waals surface area contributed by atoms with E-state index in [1.54, 1.807) is 11.3 Å². The van der Waals surface area contributed by atoms with Gasteiger partial charge in [0.1, 0.15) is 0 Å². The van der Waals surface area contributed by atoms with Gasteiger partial charge in [0, 0.05) is 43.4 Å². The third-order valence-corrected chi connectivity index (χ3v) is 3.82. The van der Waals surface area contributed by atoms with Crippen LogP contribution in [0.3, 0.4) is 0 Å². The largest absolute Gasteiger partial charge is 0.329 e. The lowest BCUT2D eigenvalue weighted by Gasteiger charge is -2.39. The average Bonchev–Trinajstić information content (AvgIpc) is 2.72. The molecular weight excluding hydrogens is 208 g/mol. The number of thiazole rings is 1. The molecule has 3 heterocycles. The smallest absolute Gasteiger partial charge is 0.193 e. The van der Waals surface area contributed by atoms with Gasteiger partial charge < -0.3 is 5.73 Å². The molecule has 1 aliphatic heterocycles. The van der Waals surface area contributed by atoms with Gasteiger partial charge in [0.2, 0.25) is 0 Å². The molecule has 1 saturated heterocycles. The molecule has 2 aromatic heterocycles. The Morgan fingerprint density at radius 2 is 2.53 bits per heavy atom. The summed E-state index contributed by atoms with van der Waals surface area (Å²) in [7, 11) is 0. The van der Waals surface area contributed by atoms with E-state index in [0.29, 0.717) is 6.04 Å². The molecule has 0 radical (unpaired) electrons. The molecule has 80 valence electrons. The third kappa shape index (κ3) is 1.56. The van der Waals surface area contributed by atoms with Gasteiger partial charge in [-0.05, 0) is 6.42 Å². The third-order valence-electron chi connectivity index (χ3n) is 3.05. The molecule has 1 aliphatic rings. The number of imidazole rings is 1. The number of nitrogens with two attached hydrogens (primary N) is 1. The predicted octanol–water partition coefficient (Wildman–Crippen LogP) is 0.929. The highest BCUT2D eigenvalue weighted by molar-refractivity contribution is 7.15. The molecule has 15 heavy (non-hydrogen) atoms. The van der Waals surface area contributed by atoms with E-state index in [9.17, 15) is 0 Å². The zero-order chi connectivity index (χ0) is 10.3. The molecule has 0 aromatic carbocycles. The molecule has 0 saturated carbocycles. The molecule has 4 nitrogen and oxygen atoms in total. The summed E-state index contributed by atoms with van der Waals surface area (Å²) >= 11 is 1.68. The van der Waals surface area contributed by atoms with Crippen LogP contribution < -0.4 is 5.73 Å². The van der Waals surface area contributed by atoms with Crippen LogP contribution in [0.4, 0.5) is 0 Å². The lowest BCUT2D eigenvalue weighted by atomic mass is 10.0. The second kappa shape index (κ2) is 3.59. The van der Waals surface area contributed by atoms with Gasteiger partial charge in [-0.1, -0.05) is 0 Å². The van der Waals surface area contributed by atoms with Crippen LogP contribution in [-0.4, -0.2) is 33.4 Å². The second-order valence-corrected chi connectivity index (χ2v) is 4.85. The topological polar surface area (TPSA) is 46.6 Å². The van der Waals surface area contributed by atoms with Crippen LogP contribution in [0.1, 0.15) is 12.1 Å². The minimum absolute atomic E-state index is 0.574. The fraction of sp³-hybridized carbons (Fsp3) is 0.500. The van der Waals surface area contributed by atoms with Gasteiger partial charge in [-0.25, -0.2) is 4.98 Å². The molecular formula is C10H14N4S. The van der Waals surface area contributed by atoms with E-state index in [0.717, 1.165) is 30.3 Å². The second-order valence-electron chi connectivity index (χ2n) is 3.97. The monoisotopic (exact) mass is 222 g/mol. The summed E-state index contributed by atoms with van der Waals surface area (Å²) in [5.74, 6) is 0. The first-order valence-corrected chi connectivity index (χ1v) is 6.10. The van der Waals surface area contributed by atoms with Gasteiger partial charge in [0.25, 0.3) is 0 Å². The molecule has 2 N–H and O–H groups in total. The number of hydrogen-bond acceptors (Lipinski definition) is 4. The van der Waals surface area contributed by atoms with Crippen LogP contribution in [0.15, 0.2) is 17.8 Å². The Bertz CT molecular complexity index is 430. The summed E-state index contributed by atoms with van der Waals surface area (Å²) in [4.78, 5) is 8.04. The minimum Gasteiger partial charge on any atom is -0.329 e. The number of fused-ring (bicyclic) bond motifs is 1. The molecule has 1 atom stereocenters. The van der Waals surface area contributed by atoms with Crippen LogP contribution in [0, 0.1) is 0 Å². The van der Waals surface area contributed by atoms with Gasteiger partial charge in [-0.15, -0.1) is 11.3 Å². The van der Waals surface area contributed by atoms with Crippen molar-refractivity contribution in [1.82, 2.24) is 14.3 Å². The molecule has 2 aromatic rings. The van der Waals surface area contributed by atoms with Gasteiger partial charge in [-0.2, -0.15) is 0 Å². The highest BCUT2D eigenvalue weighted by Gasteiger charge is 2.26. The van der Waals surface area contributed by atoms with Crippen LogP contribution in [0.2, 0.25) is 0 Å². The highest BCUT2D eigenvalue weighted by Crippen LogP contribution is 2.20. The van der Waals surface area contributed by atoms with Crippen molar-refractivity contribution in [3.8, 4) is 0 Å². The average molecular weight is 222 g/mol. The number of nitrogens with zero attached hydrogens (tertiary/aromatic N) is 3. The predicted molar refractivity (Wildman–Crippen MR) is 60.9 cm³/mol. The normalized spacial score (nSPS) is 22.1. The quantitative estimate of drug-likeness (QED) is 0.840. The first kappa shape index (κ1) is 9.33. The fourth-order valence-corrected chi connectivity index (χ4v) is 2.75. The molecule has 0 amide bonds. The van der Waals surface area contributed by atoms with Gasteiger partial charge in [0.15, 0.2) is 4.96 Å². The lowest BCUT2D eigenvalue weighted by Crippen LogP contribution is -2.50. The van der Waals surface area contributed by atoms with E-state index >= 15 is 0 Å². The molecule has 0 aliphatic carbocycles. The Kier molecular flexibility index (Phi) is 2.23. The van der Waals surface area contributed by atoms with Crippen molar-refractivity contribution >= 4 is 16.3 Å². The van der Waals surface area contributed by atoms with Crippen LogP contribution in [0.5, 0.6) is 0 Å². The maximum atomic E-state index is 5.67. The van der Waals surface area contributed by atoms with E-state index < -0.39 is 0 Å². The van der Waals surface area contributed by atoms with Crippen LogP contribution in [-0.2, 0) is 6.54 Å². The number of rotatable bonds is 3. The van der Waals surface area contributed by atoms with Crippen molar-refractivity contribution in [2.24, 2.45) is 5.73 Å².